The summed E-state index contributed by atoms with van der Waals surface area (Å²) in [6, 6.07) is 1.74. The zero-order valence-electron chi connectivity index (χ0n) is 10.6. The Labute approximate surface area is 133 Å². The van der Waals surface area contributed by atoms with Crippen LogP contribution in [-0.4, -0.2) is 38.9 Å². The fourth-order valence-corrected chi connectivity index (χ4v) is 4.58. The number of halogens is 4. The van der Waals surface area contributed by atoms with Crippen LogP contribution in [0.15, 0.2) is 17.0 Å². The fraction of sp³-hybridized carbons (Fsp3) is 0.455. The summed E-state index contributed by atoms with van der Waals surface area (Å²) < 4.78 is 39.3. The summed E-state index contributed by atoms with van der Waals surface area (Å²) in [5, 5.41) is 2.67. The number of nitrogens with one attached hydrogen (secondary N) is 1. The first-order valence-electron chi connectivity index (χ1n) is 5.67. The molecule has 2 rings (SSSR count). The van der Waals surface area contributed by atoms with Crippen molar-refractivity contribution in [1.29, 1.82) is 0 Å². The molecule has 114 valence electrons. The Bertz CT molecular complexity index is 568. The first-order chi connectivity index (χ1) is 8.84. The highest BCUT2D eigenvalue weighted by atomic mass is 35.5. The van der Waals surface area contributed by atoms with Gasteiger partial charge in [0, 0.05) is 19.6 Å². The maximum absolute atomic E-state index is 13.1. The Morgan fingerprint density at radius 1 is 1.35 bits per heavy atom. The lowest BCUT2D eigenvalue weighted by atomic mass is 10.3. The van der Waals surface area contributed by atoms with Gasteiger partial charge in [-0.25, -0.2) is 12.8 Å². The van der Waals surface area contributed by atoms with Gasteiger partial charge >= 0.3 is 0 Å². The van der Waals surface area contributed by atoms with E-state index in [0.717, 1.165) is 18.7 Å². The molecule has 1 aromatic carbocycles. The Balaban J connectivity index is 0.00000200. The molecule has 0 bridgehead atoms. The molecule has 1 heterocycles. The van der Waals surface area contributed by atoms with Crippen molar-refractivity contribution in [2.24, 2.45) is 0 Å². The number of rotatable bonds is 3. The molecular weight excluding hydrogens is 350 g/mol. The highest BCUT2D eigenvalue weighted by Crippen LogP contribution is 2.33. The molecule has 1 aliphatic rings. The largest absolute Gasteiger partial charge is 0.315 e. The summed E-state index contributed by atoms with van der Waals surface area (Å²) in [5.74, 6) is -0.667. The van der Waals surface area contributed by atoms with Gasteiger partial charge in [0.15, 0.2) is 0 Å². The van der Waals surface area contributed by atoms with Gasteiger partial charge in [-0.2, -0.15) is 4.31 Å². The molecule has 20 heavy (non-hydrogen) atoms. The smallest absolute Gasteiger partial charge is 0.246 e. The minimum atomic E-state index is -3.84. The average Bonchev–Trinajstić information content (AvgIpc) is 2.78. The molecular formula is C11H14Cl3FN2O2S. The summed E-state index contributed by atoms with van der Waals surface area (Å²) in [4.78, 5) is -0.244. The molecule has 1 N–H and O–H groups in total. The van der Waals surface area contributed by atoms with E-state index in [2.05, 4.69) is 5.32 Å². The van der Waals surface area contributed by atoms with Gasteiger partial charge in [0.25, 0.3) is 0 Å². The van der Waals surface area contributed by atoms with Crippen LogP contribution in [0.2, 0.25) is 10.0 Å². The van der Waals surface area contributed by atoms with Crippen molar-refractivity contribution < 1.29 is 12.8 Å². The molecule has 9 heteroatoms. The van der Waals surface area contributed by atoms with Crippen molar-refractivity contribution in [3.05, 3.63) is 28.0 Å². The fourth-order valence-electron chi connectivity index (χ4n) is 2.07. The van der Waals surface area contributed by atoms with Gasteiger partial charge in [0.2, 0.25) is 10.0 Å². The number of benzene rings is 1. The van der Waals surface area contributed by atoms with E-state index in [1.165, 1.54) is 11.4 Å². The third kappa shape index (κ3) is 3.37. The maximum Gasteiger partial charge on any atom is 0.246 e. The van der Waals surface area contributed by atoms with E-state index < -0.39 is 15.8 Å². The Kier molecular flexibility index (Phi) is 6.07. The lowest BCUT2D eigenvalue weighted by molar-refractivity contribution is 0.388. The minimum Gasteiger partial charge on any atom is -0.315 e. The zero-order chi connectivity index (χ0) is 14.2. The van der Waals surface area contributed by atoms with E-state index in [9.17, 15) is 12.8 Å². The van der Waals surface area contributed by atoms with E-state index in [4.69, 9.17) is 23.2 Å². The predicted octanol–water partition coefficient (Wildman–Crippen LogP) is 2.54. The quantitative estimate of drug-likeness (QED) is 0.898. The van der Waals surface area contributed by atoms with Crippen LogP contribution in [0.1, 0.15) is 6.42 Å². The van der Waals surface area contributed by atoms with E-state index in [1.807, 2.05) is 0 Å². The van der Waals surface area contributed by atoms with Crippen molar-refractivity contribution >= 4 is 45.6 Å². The van der Waals surface area contributed by atoms with E-state index in [0.29, 0.717) is 13.0 Å². The molecule has 0 aliphatic carbocycles. The minimum absolute atomic E-state index is 0. The number of sulfonamides is 1. The van der Waals surface area contributed by atoms with Crippen LogP contribution < -0.4 is 5.32 Å². The second-order valence-corrected chi connectivity index (χ2v) is 7.12. The molecule has 0 amide bonds. The highest BCUT2D eigenvalue weighted by Gasteiger charge is 2.33. The summed E-state index contributed by atoms with van der Waals surface area (Å²) in [6.45, 7) is 1.33. The topological polar surface area (TPSA) is 49.4 Å². The Morgan fingerprint density at radius 2 is 1.90 bits per heavy atom. The number of nitrogens with zero attached hydrogens (tertiary/aromatic N) is 1. The van der Waals surface area contributed by atoms with Gasteiger partial charge in [-0.05, 0) is 25.1 Å². The summed E-state index contributed by atoms with van der Waals surface area (Å²) in [6.07, 6.45) is 0.714. The van der Waals surface area contributed by atoms with Gasteiger partial charge in [-0.3, -0.25) is 0 Å². The molecule has 1 atom stereocenters. The summed E-state index contributed by atoms with van der Waals surface area (Å²) in [7, 11) is -2.36. The van der Waals surface area contributed by atoms with Gasteiger partial charge in [0.1, 0.15) is 10.7 Å². The molecule has 0 saturated carbocycles. The van der Waals surface area contributed by atoms with Crippen molar-refractivity contribution in [3.63, 3.8) is 0 Å². The lowest BCUT2D eigenvalue weighted by Crippen LogP contribution is -2.38. The van der Waals surface area contributed by atoms with Crippen LogP contribution in [0.3, 0.4) is 0 Å². The second kappa shape index (κ2) is 6.77. The summed E-state index contributed by atoms with van der Waals surface area (Å²) >= 11 is 11.6. The molecule has 0 radical (unpaired) electrons. The molecule has 0 aromatic heterocycles. The molecule has 4 nitrogen and oxygen atoms in total. The zero-order valence-corrected chi connectivity index (χ0v) is 13.7. The predicted molar refractivity (Wildman–Crippen MR) is 79.9 cm³/mol. The average molecular weight is 364 g/mol. The molecule has 1 unspecified atom stereocenters. The number of hydrogen-bond acceptors (Lipinski definition) is 3. The molecule has 1 fully saturated rings. The molecule has 0 spiro atoms. The SMILES string of the molecule is CN(C1CCNC1)S(=O)(=O)c1c(Cl)cc(F)cc1Cl.Cl. The van der Waals surface area contributed by atoms with Crippen LogP contribution >= 0.6 is 35.6 Å². The van der Waals surface area contributed by atoms with Crippen LogP contribution in [0.25, 0.3) is 0 Å². The van der Waals surface area contributed by atoms with Crippen molar-refractivity contribution in [3.8, 4) is 0 Å². The monoisotopic (exact) mass is 362 g/mol. The van der Waals surface area contributed by atoms with Crippen LogP contribution in [-0.2, 0) is 10.0 Å². The number of likely N-dealkylation sites (N-methyl/N-ethyl adjacent to an activating group) is 1. The van der Waals surface area contributed by atoms with E-state index >= 15 is 0 Å². The second-order valence-electron chi connectivity index (χ2n) is 4.37. The Hall–Kier alpha value is -0.110. The van der Waals surface area contributed by atoms with Gasteiger partial charge in [0.05, 0.1) is 10.0 Å². The standard InChI is InChI=1S/C11H13Cl2FN2O2S.ClH/c1-16(8-2-3-15-6-8)19(17,18)11-9(12)4-7(14)5-10(11)13;/h4-5,8,15H,2-3,6H2,1H3;1H. The van der Waals surface area contributed by atoms with Gasteiger partial charge in [-0.15, -0.1) is 12.4 Å². The third-order valence-corrected chi connectivity index (χ3v) is 5.98. The van der Waals surface area contributed by atoms with Gasteiger partial charge < -0.3 is 5.32 Å². The highest BCUT2D eigenvalue weighted by molar-refractivity contribution is 7.89. The van der Waals surface area contributed by atoms with E-state index in [-0.39, 0.29) is 33.4 Å². The van der Waals surface area contributed by atoms with Crippen LogP contribution in [0.5, 0.6) is 0 Å². The first-order valence-corrected chi connectivity index (χ1v) is 7.87. The third-order valence-electron chi connectivity index (χ3n) is 3.15. The van der Waals surface area contributed by atoms with E-state index in [1.54, 1.807) is 0 Å². The molecule has 1 aliphatic heterocycles. The molecule has 1 saturated heterocycles. The normalized spacial score (nSPS) is 19.1. The van der Waals surface area contributed by atoms with Crippen LogP contribution in [0.4, 0.5) is 4.39 Å². The van der Waals surface area contributed by atoms with Crippen molar-refractivity contribution in [1.82, 2.24) is 9.62 Å². The maximum atomic E-state index is 13.1. The number of hydrogen-bond donors (Lipinski definition) is 1. The van der Waals surface area contributed by atoms with Crippen LogP contribution in [0, 0.1) is 5.82 Å². The Morgan fingerprint density at radius 3 is 2.35 bits per heavy atom. The lowest BCUT2D eigenvalue weighted by Gasteiger charge is -2.24. The summed E-state index contributed by atoms with van der Waals surface area (Å²) in [5.41, 5.74) is 0. The molecule has 1 aromatic rings. The van der Waals surface area contributed by atoms with Gasteiger partial charge in [-0.1, -0.05) is 23.2 Å². The first kappa shape index (κ1) is 17.9. The van der Waals surface area contributed by atoms with Crippen molar-refractivity contribution in [2.75, 3.05) is 20.1 Å². The van der Waals surface area contributed by atoms with Crippen molar-refractivity contribution in [2.45, 2.75) is 17.4 Å².